The third-order valence-electron chi connectivity index (χ3n) is 5.92. The monoisotopic (exact) mass is 600 g/mol. The van der Waals surface area contributed by atoms with Gasteiger partial charge in [-0.15, -0.1) is 10.2 Å². The van der Waals surface area contributed by atoms with Gasteiger partial charge in [0.25, 0.3) is 5.91 Å². The first-order valence-corrected chi connectivity index (χ1v) is 14.4. The van der Waals surface area contributed by atoms with Crippen molar-refractivity contribution >= 4 is 17.7 Å². The van der Waals surface area contributed by atoms with E-state index in [1.807, 2.05) is 51.1 Å². The first-order valence-electron chi connectivity index (χ1n) is 13.4. The van der Waals surface area contributed by atoms with Gasteiger partial charge < -0.3 is 19.5 Å². The van der Waals surface area contributed by atoms with Gasteiger partial charge in [-0.2, -0.15) is 13.2 Å². The largest absolute Gasteiger partial charge is 0.490 e. The van der Waals surface area contributed by atoms with Crippen LogP contribution in [0.5, 0.6) is 17.2 Å². The molecular formula is C30H31F3N4O4S. The van der Waals surface area contributed by atoms with Crippen LogP contribution >= 0.6 is 11.8 Å². The predicted molar refractivity (Wildman–Crippen MR) is 153 cm³/mol. The van der Waals surface area contributed by atoms with E-state index in [0.717, 1.165) is 17.8 Å². The van der Waals surface area contributed by atoms with Crippen LogP contribution in [0.4, 0.5) is 13.2 Å². The lowest BCUT2D eigenvalue weighted by Gasteiger charge is -2.17. The molecule has 0 aliphatic rings. The molecule has 1 amide bonds. The maximum atomic E-state index is 13.3. The summed E-state index contributed by atoms with van der Waals surface area (Å²) in [5.74, 6) is 1.53. The Morgan fingerprint density at radius 3 is 2.17 bits per heavy atom. The number of carbonyl (C=O) groups excluding carboxylic acids is 1. The van der Waals surface area contributed by atoms with Gasteiger partial charge in [-0.25, -0.2) is 0 Å². The van der Waals surface area contributed by atoms with Crippen LogP contribution in [0.15, 0.2) is 71.9 Å². The second-order valence-corrected chi connectivity index (χ2v) is 9.78. The Labute approximate surface area is 246 Å². The number of benzene rings is 3. The number of ether oxygens (including phenoxy) is 3. The Kier molecular flexibility index (Phi) is 10.3. The lowest BCUT2D eigenvalue weighted by atomic mass is 10.1. The van der Waals surface area contributed by atoms with Crippen LogP contribution in [0.25, 0.3) is 5.69 Å². The molecule has 12 heteroatoms. The molecule has 0 aliphatic carbocycles. The molecule has 0 atom stereocenters. The zero-order valence-corrected chi connectivity index (χ0v) is 24.2. The van der Waals surface area contributed by atoms with Gasteiger partial charge in [0, 0.05) is 17.0 Å². The van der Waals surface area contributed by atoms with Crippen LogP contribution in [0.2, 0.25) is 0 Å². The summed E-state index contributed by atoms with van der Waals surface area (Å²) in [5.41, 5.74) is 0.854. The van der Waals surface area contributed by atoms with Crippen LogP contribution in [0, 0.1) is 0 Å². The maximum Gasteiger partial charge on any atom is 0.416 e. The van der Waals surface area contributed by atoms with Gasteiger partial charge in [0.05, 0.1) is 31.9 Å². The molecule has 0 saturated carbocycles. The number of amides is 1. The molecule has 8 nitrogen and oxygen atoms in total. The molecule has 1 heterocycles. The Hall–Kier alpha value is -4.19. The summed E-state index contributed by atoms with van der Waals surface area (Å²) in [6.45, 7) is 6.70. The van der Waals surface area contributed by atoms with Crippen molar-refractivity contribution in [3.8, 4) is 22.9 Å². The van der Waals surface area contributed by atoms with Gasteiger partial charge in [-0.05, 0) is 56.7 Å². The first kappa shape index (κ1) is 30.8. The van der Waals surface area contributed by atoms with Gasteiger partial charge in [0.15, 0.2) is 22.5 Å². The van der Waals surface area contributed by atoms with Crippen LogP contribution in [-0.4, -0.2) is 40.5 Å². The predicted octanol–water partition coefficient (Wildman–Crippen LogP) is 6.70. The van der Waals surface area contributed by atoms with Gasteiger partial charge in [-0.1, -0.05) is 48.2 Å². The van der Waals surface area contributed by atoms with E-state index >= 15 is 0 Å². The molecule has 0 fully saturated rings. The van der Waals surface area contributed by atoms with Crippen molar-refractivity contribution in [1.29, 1.82) is 0 Å². The fraction of sp³-hybridized carbons (Fsp3) is 0.300. The summed E-state index contributed by atoms with van der Waals surface area (Å²) in [6.07, 6.45) is -4.42. The average Bonchev–Trinajstić information content (AvgIpc) is 3.39. The third-order valence-corrected chi connectivity index (χ3v) is 6.92. The summed E-state index contributed by atoms with van der Waals surface area (Å²) in [5, 5.41) is 11.9. The van der Waals surface area contributed by atoms with Crippen molar-refractivity contribution in [3.05, 3.63) is 89.2 Å². The van der Waals surface area contributed by atoms with Crippen molar-refractivity contribution in [2.75, 3.05) is 19.8 Å². The summed E-state index contributed by atoms with van der Waals surface area (Å²) < 4.78 is 58.5. The van der Waals surface area contributed by atoms with Crippen LogP contribution < -0.4 is 19.5 Å². The van der Waals surface area contributed by atoms with Gasteiger partial charge in [0.1, 0.15) is 0 Å². The van der Waals surface area contributed by atoms with E-state index < -0.39 is 11.7 Å². The highest BCUT2D eigenvalue weighted by Gasteiger charge is 2.30. The molecule has 42 heavy (non-hydrogen) atoms. The van der Waals surface area contributed by atoms with Crippen LogP contribution in [0.1, 0.15) is 48.1 Å². The minimum atomic E-state index is -4.42. The molecule has 0 radical (unpaired) electrons. The fourth-order valence-electron chi connectivity index (χ4n) is 4.11. The Morgan fingerprint density at radius 2 is 1.55 bits per heavy atom. The molecule has 0 aliphatic heterocycles. The van der Waals surface area contributed by atoms with Crippen molar-refractivity contribution < 1.29 is 32.2 Å². The topological polar surface area (TPSA) is 87.5 Å². The summed E-state index contributed by atoms with van der Waals surface area (Å²) in [6, 6.07) is 17.7. The van der Waals surface area contributed by atoms with E-state index in [0.29, 0.717) is 59.2 Å². The van der Waals surface area contributed by atoms with E-state index in [9.17, 15) is 18.0 Å². The maximum absolute atomic E-state index is 13.3. The molecular weight excluding hydrogens is 569 g/mol. The number of carbonyl (C=O) groups is 1. The number of nitrogens with zero attached hydrogens (tertiary/aromatic N) is 3. The number of rotatable bonds is 13. The van der Waals surface area contributed by atoms with Crippen molar-refractivity contribution in [3.63, 3.8) is 0 Å². The van der Waals surface area contributed by atoms with E-state index in [1.54, 1.807) is 22.8 Å². The number of hydrogen-bond acceptors (Lipinski definition) is 7. The fourth-order valence-corrected chi connectivity index (χ4v) is 5.02. The molecule has 3 aromatic carbocycles. The molecule has 4 aromatic rings. The minimum Gasteiger partial charge on any atom is -0.490 e. The highest BCUT2D eigenvalue weighted by molar-refractivity contribution is 7.98. The first-order chi connectivity index (χ1) is 20.2. The number of thioether (sulfide) groups is 1. The van der Waals surface area contributed by atoms with Crippen molar-refractivity contribution in [2.45, 2.75) is 44.4 Å². The second kappa shape index (κ2) is 14.1. The smallest absolute Gasteiger partial charge is 0.416 e. The van der Waals surface area contributed by atoms with Gasteiger partial charge in [-0.3, -0.25) is 9.36 Å². The van der Waals surface area contributed by atoms with E-state index in [-0.39, 0.29) is 18.2 Å². The van der Waals surface area contributed by atoms with E-state index in [1.165, 1.54) is 17.8 Å². The lowest BCUT2D eigenvalue weighted by Crippen LogP contribution is -2.25. The Morgan fingerprint density at radius 1 is 0.881 bits per heavy atom. The zero-order valence-electron chi connectivity index (χ0n) is 23.4. The molecule has 0 unspecified atom stereocenters. The van der Waals surface area contributed by atoms with Gasteiger partial charge in [0.2, 0.25) is 5.75 Å². The van der Waals surface area contributed by atoms with E-state index in [2.05, 4.69) is 15.5 Å². The molecule has 222 valence electrons. The molecule has 0 bridgehead atoms. The second-order valence-electron chi connectivity index (χ2n) is 8.84. The van der Waals surface area contributed by atoms with E-state index in [4.69, 9.17) is 14.2 Å². The number of hydrogen-bond donors (Lipinski definition) is 1. The number of para-hydroxylation sites is 1. The minimum absolute atomic E-state index is 0.0337. The van der Waals surface area contributed by atoms with Crippen LogP contribution in [0.3, 0.4) is 0 Å². The molecule has 0 spiro atoms. The SMILES string of the molecule is CCOc1cc(C(=O)NCc2nnc(SCc3cccc(C(F)(F)F)c3)n2-c2ccccc2)cc(OCC)c1OCC. The molecule has 1 N–H and O–H groups in total. The third kappa shape index (κ3) is 7.55. The summed E-state index contributed by atoms with van der Waals surface area (Å²) in [4.78, 5) is 13.3. The summed E-state index contributed by atoms with van der Waals surface area (Å²) in [7, 11) is 0. The standard InChI is InChI=1S/C30H31F3N4O4S/c1-4-39-24-16-21(17-25(40-5-2)27(24)41-6-3)28(38)34-18-26-35-36-29(37(26)23-13-8-7-9-14-23)42-19-20-11-10-12-22(15-20)30(31,32)33/h7-17H,4-6,18-19H2,1-3H3,(H,34,38). The van der Waals surface area contributed by atoms with Crippen molar-refractivity contribution in [1.82, 2.24) is 20.1 Å². The number of halogens is 3. The number of nitrogens with one attached hydrogen (secondary N) is 1. The van der Waals surface area contributed by atoms with Crippen LogP contribution in [-0.2, 0) is 18.5 Å². The normalized spacial score (nSPS) is 11.3. The zero-order chi connectivity index (χ0) is 30.1. The van der Waals surface area contributed by atoms with Crippen molar-refractivity contribution in [2.24, 2.45) is 0 Å². The molecule has 0 saturated heterocycles. The number of aromatic nitrogens is 3. The quantitative estimate of drug-likeness (QED) is 0.171. The Bertz CT molecular complexity index is 1470. The summed E-state index contributed by atoms with van der Waals surface area (Å²) >= 11 is 1.25. The number of alkyl halides is 3. The Balaban J connectivity index is 1.57. The highest BCUT2D eigenvalue weighted by Crippen LogP contribution is 2.39. The molecule has 1 aromatic heterocycles. The highest BCUT2D eigenvalue weighted by atomic mass is 32.2. The van der Waals surface area contributed by atoms with Gasteiger partial charge >= 0.3 is 6.18 Å². The lowest BCUT2D eigenvalue weighted by molar-refractivity contribution is -0.137. The molecule has 4 rings (SSSR count). The average molecular weight is 601 g/mol.